The highest BCUT2D eigenvalue weighted by Gasteiger charge is 2.17. The molecule has 8 heteroatoms. The number of benzene rings is 2. The molecule has 0 saturated carbocycles. The van der Waals surface area contributed by atoms with Crippen molar-refractivity contribution in [3.63, 3.8) is 0 Å². The fourth-order valence-corrected chi connectivity index (χ4v) is 2.63. The molecule has 0 fully saturated rings. The molecule has 138 valence electrons. The van der Waals surface area contributed by atoms with Gasteiger partial charge in [0.2, 0.25) is 0 Å². The van der Waals surface area contributed by atoms with Gasteiger partial charge in [-0.25, -0.2) is 4.79 Å². The van der Waals surface area contributed by atoms with Gasteiger partial charge in [-0.05, 0) is 24.6 Å². The molecule has 0 bridgehead atoms. The molecule has 0 spiro atoms. The largest absolute Gasteiger partial charge is 0.505 e. The summed E-state index contributed by atoms with van der Waals surface area (Å²) in [6.45, 7) is 2.42. The Labute approximate surface area is 154 Å². The van der Waals surface area contributed by atoms with Gasteiger partial charge in [-0.1, -0.05) is 13.3 Å². The molecule has 0 saturated heterocycles. The average Bonchev–Trinajstić information content (AvgIpc) is 3.10. The molecule has 3 aromatic rings. The standard InChI is InChI=1S/C19H17N3O5/c1-2-3-6-27-19(24)12-4-5-13-14(9-12)21-22(20-13)15-10-17-18(11-16(15)23)26-8-7-25-17/h4-5,7-11,23H,2-3,6H2,1H3. The fraction of sp³-hybridized carbons (Fsp3) is 0.211. The number of hydrogen-bond acceptors (Lipinski definition) is 7. The summed E-state index contributed by atoms with van der Waals surface area (Å²) in [6.07, 6.45) is 4.55. The van der Waals surface area contributed by atoms with Crippen molar-refractivity contribution in [1.82, 2.24) is 15.0 Å². The third kappa shape index (κ3) is 3.29. The van der Waals surface area contributed by atoms with Crippen molar-refractivity contribution < 1.29 is 24.1 Å². The van der Waals surface area contributed by atoms with Crippen LogP contribution in [0.3, 0.4) is 0 Å². The predicted molar refractivity (Wildman–Crippen MR) is 96.1 cm³/mol. The van der Waals surface area contributed by atoms with Gasteiger partial charge in [0, 0.05) is 12.1 Å². The summed E-state index contributed by atoms with van der Waals surface area (Å²) in [5.41, 5.74) is 1.82. The van der Waals surface area contributed by atoms with Crippen LogP contribution >= 0.6 is 0 Å². The molecule has 1 aliphatic rings. The topological polar surface area (TPSA) is 95.7 Å². The van der Waals surface area contributed by atoms with Crippen molar-refractivity contribution in [3.05, 3.63) is 48.4 Å². The first-order valence-electron chi connectivity index (χ1n) is 8.55. The van der Waals surface area contributed by atoms with Crippen LogP contribution in [0.4, 0.5) is 0 Å². The third-order valence-corrected chi connectivity index (χ3v) is 4.05. The highest BCUT2D eigenvalue weighted by molar-refractivity contribution is 5.93. The third-order valence-electron chi connectivity index (χ3n) is 4.05. The summed E-state index contributed by atoms with van der Waals surface area (Å²) in [4.78, 5) is 13.4. The first kappa shape index (κ1) is 16.9. The lowest BCUT2D eigenvalue weighted by Gasteiger charge is -2.14. The molecule has 0 radical (unpaired) electrons. The maximum Gasteiger partial charge on any atom is 0.338 e. The first-order valence-corrected chi connectivity index (χ1v) is 8.55. The molecule has 1 aromatic heterocycles. The molecule has 0 amide bonds. The number of rotatable bonds is 5. The lowest BCUT2D eigenvalue weighted by atomic mass is 10.2. The number of esters is 1. The highest BCUT2D eigenvalue weighted by Crippen LogP contribution is 2.37. The van der Waals surface area contributed by atoms with E-state index >= 15 is 0 Å². The summed E-state index contributed by atoms with van der Waals surface area (Å²) in [7, 11) is 0. The van der Waals surface area contributed by atoms with Crippen LogP contribution in [0, 0.1) is 0 Å². The van der Waals surface area contributed by atoms with Crippen LogP contribution in [0.2, 0.25) is 0 Å². The monoisotopic (exact) mass is 367 g/mol. The minimum absolute atomic E-state index is 0.0628. The van der Waals surface area contributed by atoms with Crippen LogP contribution in [0.1, 0.15) is 30.1 Å². The fourth-order valence-electron chi connectivity index (χ4n) is 2.63. The summed E-state index contributed by atoms with van der Waals surface area (Å²) in [5.74, 6) is 0.375. The maximum absolute atomic E-state index is 12.1. The van der Waals surface area contributed by atoms with Crippen LogP contribution < -0.4 is 9.47 Å². The highest BCUT2D eigenvalue weighted by atomic mass is 16.5. The number of fused-ring (bicyclic) bond motifs is 2. The zero-order chi connectivity index (χ0) is 18.8. The first-order chi connectivity index (χ1) is 13.2. The smallest absolute Gasteiger partial charge is 0.338 e. The van der Waals surface area contributed by atoms with Crippen LogP contribution in [-0.4, -0.2) is 32.7 Å². The Morgan fingerprint density at radius 1 is 1.11 bits per heavy atom. The Hall–Kier alpha value is -3.55. The molecule has 0 aliphatic carbocycles. The molecule has 4 rings (SSSR count). The quantitative estimate of drug-likeness (QED) is 0.546. The Morgan fingerprint density at radius 2 is 1.85 bits per heavy atom. The molecule has 0 unspecified atom stereocenters. The number of carbonyl (C=O) groups is 1. The van der Waals surface area contributed by atoms with Crippen LogP contribution in [0.25, 0.3) is 16.7 Å². The van der Waals surface area contributed by atoms with Gasteiger partial charge in [0.25, 0.3) is 0 Å². The Bertz CT molecular complexity index is 1040. The number of phenolic OH excluding ortho intramolecular Hbond substituents is 1. The molecule has 2 aromatic carbocycles. The number of ether oxygens (including phenoxy) is 3. The van der Waals surface area contributed by atoms with Gasteiger partial charge in [0.1, 0.15) is 35.0 Å². The lowest BCUT2D eigenvalue weighted by molar-refractivity contribution is 0.0500. The zero-order valence-electron chi connectivity index (χ0n) is 14.6. The Kier molecular flexibility index (Phi) is 4.37. The van der Waals surface area contributed by atoms with Crippen molar-refractivity contribution >= 4 is 17.0 Å². The second-order valence-corrected chi connectivity index (χ2v) is 5.98. The zero-order valence-corrected chi connectivity index (χ0v) is 14.6. The van der Waals surface area contributed by atoms with Gasteiger partial charge in [0.15, 0.2) is 11.5 Å². The van der Waals surface area contributed by atoms with E-state index in [2.05, 4.69) is 10.2 Å². The average molecular weight is 367 g/mol. The number of carbonyl (C=O) groups excluding carboxylic acids is 1. The van der Waals surface area contributed by atoms with Crippen molar-refractivity contribution in [2.75, 3.05) is 6.61 Å². The van der Waals surface area contributed by atoms with Gasteiger partial charge in [-0.15, -0.1) is 15.0 Å². The van der Waals surface area contributed by atoms with E-state index in [-0.39, 0.29) is 5.75 Å². The van der Waals surface area contributed by atoms with E-state index in [0.29, 0.717) is 40.4 Å². The molecule has 1 aliphatic heterocycles. The number of nitrogens with zero attached hydrogens (tertiary/aromatic N) is 3. The van der Waals surface area contributed by atoms with E-state index in [0.717, 1.165) is 12.8 Å². The van der Waals surface area contributed by atoms with Crippen LogP contribution in [0.15, 0.2) is 42.9 Å². The minimum Gasteiger partial charge on any atom is -0.505 e. The molecule has 2 heterocycles. The van der Waals surface area contributed by atoms with E-state index < -0.39 is 5.97 Å². The lowest BCUT2D eigenvalue weighted by Crippen LogP contribution is -2.06. The SMILES string of the molecule is CCCCOC(=O)c1ccc2nn(-c3cc4c(cc3O)OC=CO4)nc2c1. The summed E-state index contributed by atoms with van der Waals surface area (Å²) in [5, 5.41) is 19.0. The summed E-state index contributed by atoms with van der Waals surface area (Å²) in [6, 6.07) is 7.95. The minimum atomic E-state index is -0.395. The van der Waals surface area contributed by atoms with E-state index in [1.165, 1.54) is 23.4 Å². The Balaban J connectivity index is 1.65. The molecule has 27 heavy (non-hydrogen) atoms. The summed E-state index contributed by atoms with van der Waals surface area (Å²) < 4.78 is 15.9. The second-order valence-electron chi connectivity index (χ2n) is 5.98. The predicted octanol–water partition coefficient (Wildman–Crippen LogP) is 3.33. The number of hydrogen-bond donors (Lipinski definition) is 1. The van der Waals surface area contributed by atoms with Crippen molar-refractivity contribution in [1.29, 1.82) is 0 Å². The number of phenols is 1. The maximum atomic E-state index is 12.1. The number of aromatic nitrogens is 3. The van der Waals surface area contributed by atoms with Gasteiger partial charge in [-0.2, -0.15) is 0 Å². The van der Waals surface area contributed by atoms with Gasteiger partial charge in [-0.3, -0.25) is 0 Å². The van der Waals surface area contributed by atoms with E-state index in [4.69, 9.17) is 14.2 Å². The van der Waals surface area contributed by atoms with Crippen LogP contribution in [0.5, 0.6) is 17.2 Å². The molecular weight excluding hydrogens is 350 g/mol. The van der Waals surface area contributed by atoms with E-state index in [1.807, 2.05) is 6.92 Å². The number of unbranched alkanes of at least 4 members (excludes halogenated alkanes) is 1. The summed E-state index contributed by atoms with van der Waals surface area (Å²) >= 11 is 0. The van der Waals surface area contributed by atoms with Gasteiger partial charge < -0.3 is 19.3 Å². The van der Waals surface area contributed by atoms with Crippen LogP contribution in [-0.2, 0) is 4.74 Å². The second kappa shape index (κ2) is 6.99. The molecule has 8 nitrogen and oxygen atoms in total. The molecule has 0 atom stereocenters. The van der Waals surface area contributed by atoms with E-state index in [9.17, 15) is 9.90 Å². The Morgan fingerprint density at radius 3 is 2.63 bits per heavy atom. The van der Waals surface area contributed by atoms with Crippen molar-refractivity contribution in [2.45, 2.75) is 19.8 Å². The normalized spacial score (nSPS) is 12.3. The van der Waals surface area contributed by atoms with Gasteiger partial charge in [0.05, 0.1) is 12.2 Å². The van der Waals surface area contributed by atoms with Gasteiger partial charge >= 0.3 is 5.97 Å². The number of aromatic hydroxyl groups is 1. The molecular formula is C19H17N3O5. The molecule has 1 N–H and O–H groups in total. The van der Waals surface area contributed by atoms with E-state index in [1.54, 1.807) is 24.3 Å². The van der Waals surface area contributed by atoms with Crippen molar-refractivity contribution in [3.8, 4) is 22.9 Å². The van der Waals surface area contributed by atoms with Crippen molar-refractivity contribution in [2.24, 2.45) is 0 Å².